The van der Waals surface area contributed by atoms with Gasteiger partial charge in [-0.2, -0.15) is 0 Å². The number of carbonyl (C=O) groups excluding carboxylic acids is 1. The lowest BCUT2D eigenvalue weighted by Gasteiger charge is -2.07. The third kappa shape index (κ3) is 2.82. The van der Waals surface area contributed by atoms with Crippen LogP contribution in [0.5, 0.6) is 0 Å². The van der Waals surface area contributed by atoms with Gasteiger partial charge in [-0.1, -0.05) is 48.5 Å². The Labute approximate surface area is 135 Å². The standard InChI is InChI=1S/C20H18N2O/c23-20(22-13-14-5-4-10-21-12-14)19-11-18(19)17-9-3-7-15-6-1-2-8-16(15)17/h1-10,12,18-19H,11,13H2,(H,22,23)/t18-,19-/m0/s1. The van der Waals surface area contributed by atoms with Crippen molar-refractivity contribution >= 4 is 16.7 Å². The van der Waals surface area contributed by atoms with Crippen LogP contribution in [0.3, 0.4) is 0 Å². The van der Waals surface area contributed by atoms with Crippen LogP contribution in [0.2, 0.25) is 0 Å². The number of aromatic nitrogens is 1. The van der Waals surface area contributed by atoms with E-state index in [2.05, 4.69) is 52.8 Å². The number of benzene rings is 2. The minimum Gasteiger partial charge on any atom is -0.352 e. The number of carbonyl (C=O) groups is 1. The number of nitrogens with one attached hydrogen (secondary N) is 1. The average Bonchev–Trinajstić information content (AvgIpc) is 3.41. The van der Waals surface area contributed by atoms with Crippen molar-refractivity contribution in [2.75, 3.05) is 0 Å². The highest BCUT2D eigenvalue weighted by Gasteiger charge is 2.44. The van der Waals surface area contributed by atoms with E-state index >= 15 is 0 Å². The van der Waals surface area contributed by atoms with E-state index in [0.717, 1.165) is 12.0 Å². The van der Waals surface area contributed by atoms with Crippen LogP contribution in [0.1, 0.15) is 23.5 Å². The van der Waals surface area contributed by atoms with E-state index in [-0.39, 0.29) is 11.8 Å². The van der Waals surface area contributed by atoms with Crippen LogP contribution < -0.4 is 5.32 Å². The monoisotopic (exact) mass is 302 g/mol. The number of pyridine rings is 1. The fraction of sp³-hybridized carbons (Fsp3) is 0.200. The zero-order chi connectivity index (χ0) is 15.6. The van der Waals surface area contributed by atoms with Crippen LogP contribution in [-0.2, 0) is 11.3 Å². The molecule has 0 spiro atoms. The summed E-state index contributed by atoms with van der Waals surface area (Å²) < 4.78 is 0. The number of hydrogen-bond acceptors (Lipinski definition) is 2. The van der Waals surface area contributed by atoms with E-state index in [1.165, 1.54) is 16.3 Å². The fourth-order valence-electron chi connectivity index (χ4n) is 3.23. The van der Waals surface area contributed by atoms with Crippen molar-refractivity contribution in [2.24, 2.45) is 5.92 Å². The Kier molecular flexibility index (Phi) is 3.54. The molecule has 0 saturated heterocycles. The van der Waals surface area contributed by atoms with E-state index in [9.17, 15) is 4.79 Å². The molecule has 3 heteroatoms. The van der Waals surface area contributed by atoms with Gasteiger partial charge >= 0.3 is 0 Å². The molecule has 1 fully saturated rings. The minimum atomic E-state index is 0.0949. The Morgan fingerprint density at radius 3 is 2.83 bits per heavy atom. The van der Waals surface area contributed by atoms with Crippen molar-refractivity contribution in [3.05, 3.63) is 78.1 Å². The first kappa shape index (κ1) is 13.9. The lowest BCUT2D eigenvalue weighted by molar-refractivity contribution is -0.122. The molecule has 3 nitrogen and oxygen atoms in total. The third-order valence-corrected chi connectivity index (χ3v) is 4.54. The summed E-state index contributed by atoms with van der Waals surface area (Å²) in [6.07, 6.45) is 4.46. The molecule has 4 rings (SSSR count). The van der Waals surface area contributed by atoms with Crippen molar-refractivity contribution in [3.8, 4) is 0 Å². The molecule has 1 aliphatic rings. The predicted octanol–water partition coefficient (Wildman–Crippen LogP) is 3.65. The van der Waals surface area contributed by atoms with E-state index < -0.39 is 0 Å². The second-order valence-corrected chi connectivity index (χ2v) is 6.10. The molecular weight excluding hydrogens is 284 g/mol. The lowest BCUT2D eigenvalue weighted by Crippen LogP contribution is -2.24. The maximum atomic E-state index is 12.4. The molecule has 114 valence electrons. The Morgan fingerprint density at radius 2 is 1.96 bits per heavy atom. The SMILES string of the molecule is O=C(NCc1cccnc1)[C@H]1C[C@H]1c1cccc2ccccc12. The second-order valence-electron chi connectivity index (χ2n) is 6.10. The Hall–Kier alpha value is -2.68. The quantitative estimate of drug-likeness (QED) is 0.799. The zero-order valence-electron chi connectivity index (χ0n) is 12.8. The van der Waals surface area contributed by atoms with Crippen molar-refractivity contribution in [1.82, 2.24) is 10.3 Å². The van der Waals surface area contributed by atoms with E-state index in [1.54, 1.807) is 12.4 Å². The number of nitrogens with zero attached hydrogens (tertiary/aromatic N) is 1. The molecule has 0 unspecified atom stereocenters. The molecule has 1 saturated carbocycles. The minimum absolute atomic E-state index is 0.0949. The van der Waals surface area contributed by atoms with Gasteiger partial charge in [0, 0.05) is 24.9 Å². The first-order chi connectivity index (χ1) is 11.3. The summed E-state index contributed by atoms with van der Waals surface area (Å²) in [6.45, 7) is 0.547. The molecule has 23 heavy (non-hydrogen) atoms. The van der Waals surface area contributed by atoms with Gasteiger partial charge in [-0.05, 0) is 40.3 Å². The normalized spacial score (nSPS) is 19.5. The van der Waals surface area contributed by atoms with Gasteiger partial charge in [0.2, 0.25) is 5.91 Å². The summed E-state index contributed by atoms with van der Waals surface area (Å²) in [6, 6.07) is 18.6. The van der Waals surface area contributed by atoms with Gasteiger partial charge in [-0.25, -0.2) is 0 Å². The van der Waals surface area contributed by atoms with Gasteiger partial charge in [0.1, 0.15) is 0 Å². The molecule has 0 radical (unpaired) electrons. The predicted molar refractivity (Wildman–Crippen MR) is 90.9 cm³/mol. The smallest absolute Gasteiger partial charge is 0.224 e. The summed E-state index contributed by atoms with van der Waals surface area (Å²) in [5.41, 5.74) is 2.33. The molecule has 1 heterocycles. The lowest BCUT2D eigenvalue weighted by atomic mass is 10.00. The summed E-state index contributed by atoms with van der Waals surface area (Å²) in [4.78, 5) is 16.4. The van der Waals surface area contributed by atoms with Crippen molar-refractivity contribution < 1.29 is 4.79 Å². The number of amides is 1. The topological polar surface area (TPSA) is 42.0 Å². The highest BCUT2D eigenvalue weighted by Crippen LogP contribution is 2.49. The first-order valence-corrected chi connectivity index (χ1v) is 7.97. The highest BCUT2D eigenvalue weighted by atomic mass is 16.2. The molecule has 2 atom stereocenters. The van der Waals surface area contributed by atoms with Gasteiger partial charge in [0.05, 0.1) is 0 Å². The maximum Gasteiger partial charge on any atom is 0.224 e. The Balaban J connectivity index is 1.46. The van der Waals surface area contributed by atoms with Crippen LogP contribution >= 0.6 is 0 Å². The van der Waals surface area contributed by atoms with Crippen LogP contribution in [0, 0.1) is 5.92 Å². The van der Waals surface area contributed by atoms with Crippen molar-refractivity contribution in [3.63, 3.8) is 0 Å². The number of fused-ring (bicyclic) bond motifs is 1. The van der Waals surface area contributed by atoms with Crippen LogP contribution in [0.4, 0.5) is 0 Å². The van der Waals surface area contributed by atoms with Gasteiger partial charge in [0.15, 0.2) is 0 Å². The van der Waals surface area contributed by atoms with Gasteiger partial charge in [-0.3, -0.25) is 9.78 Å². The first-order valence-electron chi connectivity index (χ1n) is 7.97. The molecule has 0 bridgehead atoms. The molecule has 3 aromatic rings. The Morgan fingerprint density at radius 1 is 1.09 bits per heavy atom. The molecule has 1 N–H and O–H groups in total. The maximum absolute atomic E-state index is 12.4. The largest absolute Gasteiger partial charge is 0.352 e. The molecule has 1 aliphatic carbocycles. The van der Waals surface area contributed by atoms with Crippen LogP contribution in [0.25, 0.3) is 10.8 Å². The molecule has 1 amide bonds. The summed E-state index contributed by atoms with van der Waals surface area (Å²) in [7, 11) is 0. The second kappa shape index (κ2) is 5.84. The molecule has 0 aliphatic heterocycles. The average molecular weight is 302 g/mol. The molecule has 1 aromatic heterocycles. The third-order valence-electron chi connectivity index (χ3n) is 4.54. The van der Waals surface area contributed by atoms with Gasteiger partial charge < -0.3 is 5.32 Å². The van der Waals surface area contributed by atoms with Crippen molar-refractivity contribution in [2.45, 2.75) is 18.9 Å². The highest BCUT2D eigenvalue weighted by molar-refractivity contribution is 5.89. The van der Waals surface area contributed by atoms with E-state index in [0.29, 0.717) is 12.5 Å². The van der Waals surface area contributed by atoms with Crippen LogP contribution in [-0.4, -0.2) is 10.9 Å². The number of hydrogen-bond donors (Lipinski definition) is 1. The molecular formula is C20H18N2O. The van der Waals surface area contributed by atoms with Crippen LogP contribution in [0.15, 0.2) is 67.0 Å². The fourth-order valence-corrected chi connectivity index (χ4v) is 3.23. The Bertz CT molecular complexity index is 839. The van der Waals surface area contributed by atoms with Gasteiger partial charge in [0.25, 0.3) is 0 Å². The number of rotatable bonds is 4. The summed E-state index contributed by atoms with van der Waals surface area (Å²) >= 11 is 0. The van der Waals surface area contributed by atoms with Crippen molar-refractivity contribution in [1.29, 1.82) is 0 Å². The van der Waals surface area contributed by atoms with Gasteiger partial charge in [-0.15, -0.1) is 0 Å². The van der Waals surface area contributed by atoms with E-state index in [4.69, 9.17) is 0 Å². The summed E-state index contributed by atoms with van der Waals surface area (Å²) in [5, 5.41) is 5.54. The zero-order valence-corrected chi connectivity index (χ0v) is 12.8. The molecule has 2 aromatic carbocycles. The summed E-state index contributed by atoms with van der Waals surface area (Å²) in [5.74, 6) is 0.583. The van der Waals surface area contributed by atoms with E-state index in [1.807, 2.05) is 12.1 Å².